The molecule has 0 aliphatic carbocycles. The van der Waals surface area contributed by atoms with E-state index in [1.54, 1.807) is 25.1 Å². The minimum atomic E-state index is -1.09. The number of rotatable bonds is 5. The molecule has 0 amide bonds. The van der Waals surface area contributed by atoms with Crippen molar-refractivity contribution < 1.29 is 14.7 Å². The summed E-state index contributed by atoms with van der Waals surface area (Å²) in [6.45, 7) is 1.70. The van der Waals surface area contributed by atoms with E-state index in [2.05, 4.69) is 15.9 Å². The van der Waals surface area contributed by atoms with E-state index in [0.717, 1.165) is 11.6 Å². The van der Waals surface area contributed by atoms with Crippen molar-refractivity contribution in [2.45, 2.75) is 18.2 Å². The first-order valence-electron chi connectivity index (χ1n) is 5.55. The van der Waals surface area contributed by atoms with Crippen molar-refractivity contribution in [3.63, 3.8) is 0 Å². The molecule has 98 valence electrons. The second-order valence-corrected chi connectivity index (χ2v) is 5.28. The van der Waals surface area contributed by atoms with Gasteiger partial charge in [0.05, 0.1) is 17.3 Å². The predicted octanol–water partition coefficient (Wildman–Crippen LogP) is 2.82. The molecule has 0 radical (unpaired) electrons. The number of hydrogen-bond acceptors (Lipinski definition) is 3. The number of carbonyl (C=O) groups excluding carboxylic acids is 1. The Morgan fingerprint density at radius 3 is 2.74 bits per heavy atom. The lowest BCUT2D eigenvalue weighted by Crippen LogP contribution is -2.12. The molecule has 0 saturated heterocycles. The third-order valence-electron chi connectivity index (χ3n) is 2.43. The van der Waals surface area contributed by atoms with Crippen molar-refractivity contribution in [2.75, 3.05) is 0 Å². The van der Waals surface area contributed by atoms with Crippen LogP contribution in [0.3, 0.4) is 0 Å². The molecule has 1 aromatic carbocycles. The highest BCUT2D eigenvalue weighted by molar-refractivity contribution is 9.10. The number of hydrogen-bond donors (Lipinski definition) is 1. The zero-order chi connectivity index (χ0) is 14.4. The number of alkyl halides is 1. The molecule has 0 spiro atoms. The Labute approximate surface area is 119 Å². The molecule has 0 fully saturated rings. The van der Waals surface area contributed by atoms with E-state index in [1.165, 1.54) is 6.08 Å². The number of carboxylic acids is 1. The number of nitrogens with zero attached hydrogens (tertiary/aromatic N) is 1. The first kappa shape index (κ1) is 15.1. The summed E-state index contributed by atoms with van der Waals surface area (Å²) in [6, 6.07) is 6.99. The third-order valence-corrected chi connectivity index (χ3v) is 2.85. The third kappa shape index (κ3) is 4.34. The summed E-state index contributed by atoms with van der Waals surface area (Å²) in [4.78, 5) is 22.2. The van der Waals surface area contributed by atoms with Gasteiger partial charge < -0.3 is 5.11 Å². The van der Waals surface area contributed by atoms with E-state index in [9.17, 15) is 9.59 Å². The number of benzene rings is 1. The Hall–Kier alpha value is -1.93. The maximum Gasteiger partial charge on any atom is 0.328 e. The highest BCUT2D eigenvalue weighted by Gasteiger charge is 2.15. The molecule has 4 nitrogen and oxygen atoms in total. The Morgan fingerprint density at radius 1 is 1.53 bits per heavy atom. The van der Waals surface area contributed by atoms with Crippen LogP contribution in [0.4, 0.5) is 0 Å². The monoisotopic (exact) mass is 321 g/mol. The molecule has 1 rings (SSSR count). The Bertz CT molecular complexity index is 571. The summed E-state index contributed by atoms with van der Waals surface area (Å²) in [5.74, 6) is -1.22. The number of Topliss-reactive ketones (excluding diaryl/α,β-unsaturated/α-hetero) is 1. The molecule has 19 heavy (non-hydrogen) atoms. The Morgan fingerprint density at radius 2 is 2.21 bits per heavy atom. The van der Waals surface area contributed by atoms with Crippen molar-refractivity contribution in [2.24, 2.45) is 0 Å². The van der Waals surface area contributed by atoms with Crippen LogP contribution < -0.4 is 0 Å². The molecule has 1 N–H and O–H groups in total. The molecular formula is C14H12BrNO3. The molecule has 0 heterocycles. The molecule has 5 heteroatoms. The van der Waals surface area contributed by atoms with Crippen LogP contribution in [0.2, 0.25) is 0 Å². The van der Waals surface area contributed by atoms with Crippen LogP contribution in [0.1, 0.15) is 28.4 Å². The molecular weight excluding hydrogens is 310 g/mol. The van der Waals surface area contributed by atoms with Gasteiger partial charge in [0.15, 0.2) is 5.78 Å². The van der Waals surface area contributed by atoms with Gasteiger partial charge in [0, 0.05) is 11.6 Å². The average Bonchev–Trinajstić information content (AvgIpc) is 2.36. The minimum absolute atomic E-state index is 0.131. The minimum Gasteiger partial charge on any atom is -0.478 e. The van der Waals surface area contributed by atoms with Crippen molar-refractivity contribution >= 4 is 33.8 Å². The fourth-order valence-electron chi connectivity index (χ4n) is 1.55. The number of aliphatic carboxylic acids is 1. The summed E-state index contributed by atoms with van der Waals surface area (Å²) >= 11 is 3.20. The molecule has 1 atom stereocenters. The smallest absolute Gasteiger partial charge is 0.328 e. The predicted molar refractivity (Wildman–Crippen MR) is 75.1 cm³/mol. The first-order valence-corrected chi connectivity index (χ1v) is 6.46. The van der Waals surface area contributed by atoms with Crippen LogP contribution in [0, 0.1) is 11.3 Å². The SMILES string of the molecule is CC(Br)C(=O)c1ccc(CC#N)cc1C=CC(=O)O. The quantitative estimate of drug-likeness (QED) is 0.514. The molecule has 1 aromatic rings. The largest absolute Gasteiger partial charge is 0.478 e. The van der Waals surface area contributed by atoms with Crippen LogP contribution in [0.5, 0.6) is 0 Å². The average molecular weight is 322 g/mol. The van der Waals surface area contributed by atoms with Gasteiger partial charge in [0.2, 0.25) is 0 Å². The first-order chi connectivity index (χ1) is 8.95. The normalized spacial score (nSPS) is 12.1. The van der Waals surface area contributed by atoms with Gasteiger partial charge in [0.1, 0.15) is 0 Å². The summed E-state index contributed by atoms with van der Waals surface area (Å²) < 4.78 is 0. The second kappa shape index (κ2) is 6.86. The van der Waals surface area contributed by atoms with Crippen LogP contribution in [-0.2, 0) is 11.2 Å². The maximum absolute atomic E-state index is 12.0. The van der Waals surface area contributed by atoms with E-state index < -0.39 is 5.97 Å². The number of ketones is 1. The highest BCUT2D eigenvalue weighted by Crippen LogP contribution is 2.18. The van der Waals surface area contributed by atoms with Crippen molar-refractivity contribution in [1.29, 1.82) is 5.26 Å². The summed E-state index contributed by atoms with van der Waals surface area (Å²) in [6.07, 6.45) is 2.55. The fraction of sp³-hybridized carbons (Fsp3) is 0.214. The lowest BCUT2D eigenvalue weighted by atomic mass is 9.98. The molecule has 0 aliphatic rings. The van der Waals surface area contributed by atoms with Crippen molar-refractivity contribution in [3.05, 3.63) is 41.0 Å². The van der Waals surface area contributed by atoms with Gasteiger partial charge in [-0.3, -0.25) is 4.79 Å². The standard InChI is InChI=1S/C14H12BrNO3/c1-9(15)14(19)12-4-2-10(6-7-16)8-11(12)3-5-13(17)18/h2-5,8-9H,6H2,1H3,(H,17,18). The molecule has 0 aliphatic heterocycles. The lowest BCUT2D eigenvalue weighted by Gasteiger charge is -2.08. The second-order valence-electron chi connectivity index (χ2n) is 3.91. The van der Waals surface area contributed by atoms with Crippen LogP contribution >= 0.6 is 15.9 Å². The van der Waals surface area contributed by atoms with Gasteiger partial charge in [-0.15, -0.1) is 0 Å². The zero-order valence-electron chi connectivity index (χ0n) is 10.3. The Kier molecular flexibility index (Phi) is 5.46. The van der Waals surface area contributed by atoms with E-state index in [0.29, 0.717) is 11.1 Å². The van der Waals surface area contributed by atoms with E-state index in [-0.39, 0.29) is 17.0 Å². The van der Waals surface area contributed by atoms with E-state index in [4.69, 9.17) is 10.4 Å². The highest BCUT2D eigenvalue weighted by atomic mass is 79.9. The summed E-state index contributed by atoms with van der Waals surface area (Å²) in [5, 5.41) is 17.3. The number of carboxylic acid groups (broad SMARTS) is 1. The van der Waals surface area contributed by atoms with Gasteiger partial charge in [0.25, 0.3) is 0 Å². The van der Waals surface area contributed by atoms with E-state index >= 15 is 0 Å². The van der Waals surface area contributed by atoms with Gasteiger partial charge in [-0.25, -0.2) is 4.79 Å². The number of nitriles is 1. The van der Waals surface area contributed by atoms with Gasteiger partial charge in [-0.1, -0.05) is 28.1 Å². The fourth-order valence-corrected chi connectivity index (χ4v) is 1.80. The van der Waals surface area contributed by atoms with Crippen molar-refractivity contribution in [3.8, 4) is 6.07 Å². The molecule has 0 bridgehead atoms. The van der Waals surface area contributed by atoms with Gasteiger partial charge >= 0.3 is 5.97 Å². The Balaban J connectivity index is 3.26. The molecule has 0 aromatic heterocycles. The lowest BCUT2D eigenvalue weighted by molar-refractivity contribution is -0.131. The zero-order valence-corrected chi connectivity index (χ0v) is 11.8. The number of carbonyl (C=O) groups is 2. The van der Waals surface area contributed by atoms with Gasteiger partial charge in [-0.05, 0) is 30.2 Å². The van der Waals surface area contributed by atoms with Crippen LogP contribution in [0.25, 0.3) is 6.08 Å². The summed E-state index contributed by atoms with van der Waals surface area (Å²) in [5.41, 5.74) is 1.68. The van der Waals surface area contributed by atoms with E-state index in [1.807, 2.05) is 6.07 Å². The topological polar surface area (TPSA) is 78.2 Å². The van der Waals surface area contributed by atoms with Gasteiger partial charge in [-0.2, -0.15) is 5.26 Å². The summed E-state index contributed by atoms with van der Waals surface area (Å²) in [7, 11) is 0. The maximum atomic E-state index is 12.0. The van der Waals surface area contributed by atoms with Crippen molar-refractivity contribution in [1.82, 2.24) is 0 Å². The molecule has 0 saturated carbocycles. The molecule has 1 unspecified atom stereocenters. The van der Waals surface area contributed by atoms with Crippen LogP contribution in [-0.4, -0.2) is 21.7 Å². The van der Waals surface area contributed by atoms with Crippen LogP contribution in [0.15, 0.2) is 24.3 Å². The number of halogens is 1.